The van der Waals surface area contributed by atoms with Gasteiger partial charge in [0.25, 0.3) is 5.95 Å². The lowest BCUT2D eigenvalue weighted by Gasteiger charge is -2.30. The molecule has 2 saturated carbocycles. The van der Waals surface area contributed by atoms with E-state index in [9.17, 15) is 15.3 Å². The Hall–Kier alpha value is -5.44. The van der Waals surface area contributed by atoms with E-state index >= 15 is 0 Å². The Bertz CT molecular complexity index is 1800. The summed E-state index contributed by atoms with van der Waals surface area (Å²) in [6.07, 6.45) is 8.31. The molecule has 0 saturated heterocycles. The van der Waals surface area contributed by atoms with Gasteiger partial charge in [0.1, 0.15) is 11.8 Å². The van der Waals surface area contributed by atoms with Crippen LogP contribution in [-0.2, 0) is 0 Å². The molecule has 2 aliphatic rings. The van der Waals surface area contributed by atoms with Crippen LogP contribution in [0.1, 0.15) is 55.5 Å². The van der Waals surface area contributed by atoms with Crippen LogP contribution in [0.4, 0.5) is 16.4 Å². The van der Waals surface area contributed by atoms with Gasteiger partial charge < -0.3 is 19.8 Å². The van der Waals surface area contributed by atoms with Crippen LogP contribution in [0.5, 0.6) is 11.8 Å². The molecule has 12 heteroatoms. The van der Waals surface area contributed by atoms with Gasteiger partial charge in [0, 0.05) is 41.5 Å². The maximum Gasteiger partial charge on any atom is 0.326 e. The number of hydrogen-bond acceptors (Lipinski definition) is 8. The Labute approximate surface area is 234 Å². The van der Waals surface area contributed by atoms with Gasteiger partial charge in [-0.05, 0) is 68.0 Å². The smallest absolute Gasteiger partial charge is 0.326 e. The average Bonchev–Trinajstić information content (AvgIpc) is 3.66. The highest BCUT2D eigenvalue weighted by Gasteiger charge is 2.31. The molecule has 0 aliphatic heterocycles. The van der Waals surface area contributed by atoms with Crippen molar-refractivity contribution in [1.82, 2.24) is 29.5 Å². The fourth-order valence-electron chi connectivity index (χ4n) is 5.16. The number of ether oxygens (including phenoxy) is 1. The molecule has 12 nitrogen and oxygen atoms in total. The Balaban J connectivity index is 1.17. The van der Waals surface area contributed by atoms with Crippen LogP contribution in [0, 0.1) is 11.3 Å². The fraction of sp³-hybridized carbons (Fsp3) is 0.241. The van der Waals surface area contributed by atoms with Crippen molar-refractivity contribution in [3.05, 3.63) is 72.3 Å². The van der Waals surface area contributed by atoms with Gasteiger partial charge in [0.05, 0.1) is 16.8 Å². The Morgan fingerprint density at radius 1 is 1.05 bits per heavy atom. The Morgan fingerprint density at radius 2 is 1.83 bits per heavy atom. The number of urea groups is 1. The number of benzene rings is 2. The number of rotatable bonds is 7. The molecule has 2 amide bonds. The SMILES string of the molecule is N#Cc1c(-c2ccc(NC(=O)Nc3nc(C4CC4)n(O)n3)cc2)n(C2CCC2)c2cc(Oc3ncccn3)ccc12. The fourth-order valence-corrected chi connectivity index (χ4v) is 5.16. The molecule has 7 rings (SSSR count). The van der Waals surface area contributed by atoms with Gasteiger partial charge in [-0.3, -0.25) is 5.32 Å². The molecular formula is C29H25N9O3. The van der Waals surface area contributed by atoms with Gasteiger partial charge in [-0.15, -0.1) is 0 Å². The van der Waals surface area contributed by atoms with E-state index in [4.69, 9.17) is 4.74 Å². The van der Waals surface area contributed by atoms with Crippen LogP contribution >= 0.6 is 0 Å². The summed E-state index contributed by atoms with van der Waals surface area (Å²) >= 11 is 0. The molecule has 0 bridgehead atoms. The number of carbonyl (C=O) groups is 1. The van der Waals surface area contributed by atoms with Crippen LogP contribution in [-0.4, -0.2) is 40.7 Å². The predicted molar refractivity (Wildman–Crippen MR) is 149 cm³/mol. The monoisotopic (exact) mass is 547 g/mol. The van der Waals surface area contributed by atoms with E-state index < -0.39 is 6.03 Å². The standard InChI is InChI=1S/C29H25N9O3/c30-16-23-22-12-11-21(41-29-31-13-2-14-32-29)15-24(22)37(20-3-1-4-20)25(23)17-7-9-19(10-8-17)33-28(39)35-27-34-26(18-5-6-18)38(40)36-27/h2,7-15,18,20,40H,1,3-6H2,(H2,33,35,36,39). The lowest BCUT2D eigenvalue weighted by atomic mass is 9.92. The number of nitriles is 1. The lowest BCUT2D eigenvalue weighted by Crippen LogP contribution is -2.20. The molecule has 41 heavy (non-hydrogen) atoms. The van der Waals surface area contributed by atoms with Crippen molar-refractivity contribution in [3.8, 4) is 29.1 Å². The van der Waals surface area contributed by atoms with Gasteiger partial charge in [0.15, 0.2) is 5.82 Å². The number of carbonyl (C=O) groups excluding carboxylic acids is 1. The average molecular weight is 548 g/mol. The molecule has 0 spiro atoms. The van der Waals surface area contributed by atoms with Gasteiger partial charge in [-0.1, -0.05) is 22.1 Å². The summed E-state index contributed by atoms with van der Waals surface area (Å²) in [5.41, 5.74) is 3.75. The summed E-state index contributed by atoms with van der Waals surface area (Å²) in [5, 5.41) is 30.1. The van der Waals surface area contributed by atoms with Crippen molar-refractivity contribution in [2.24, 2.45) is 0 Å². The molecule has 2 aromatic carbocycles. The first-order chi connectivity index (χ1) is 20.1. The molecule has 5 aromatic rings. The van der Waals surface area contributed by atoms with Gasteiger partial charge in [-0.2, -0.15) is 10.2 Å². The number of hydrogen-bond donors (Lipinski definition) is 3. The normalized spacial score (nSPS) is 14.8. The summed E-state index contributed by atoms with van der Waals surface area (Å²) in [6.45, 7) is 0. The van der Waals surface area contributed by atoms with Crippen LogP contribution in [0.2, 0.25) is 0 Å². The maximum absolute atomic E-state index is 12.6. The maximum atomic E-state index is 12.6. The molecular weight excluding hydrogens is 522 g/mol. The van der Waals surface area contributed by atoms with E-state index in [-0.39, 0.29) is 23.9 Å². The summed E-state index contributed by atoms with van der Waals surface area (Å²) in [4.78, 5) is 25.8. The zero-order valence-corrected chi connectivity index (χ0v) is 21.9. The van der Waals surface area contributed by atoms with Gasteiger partial charge >= 0.3 is 12.0 Å². The lowest BCUT2D eigenvalue weighted by molar-refractivity contribution is 0.139. The third-order valence-corrected chi connectivity index (χ3v) is 7.48. The highest BCUT2D eigenvalue weighted by atomic mass is 16.5. The first kappa shape index (κ1) is 24.6. The predicted octanol–water partition coefficient (Wildman–Crippen LogP) is 5.84. The van der Waals surface area contributed by atoms with Crippen molar-refractivity contribution in [1.29, 1.82) is 5.26 Å². The first-order valence-electron chi connectivity index (χ1n) is 13.4. The quantitative estimate of drug-likeness (QED) is 0.215. The van der Waals surface area contributed by atoms with Gasteiger partial charge in [0.2, 0.25) is 0 Å². The molecule has 2 fully saturated rings. The summed E-state index contributed by atoms with van der Waals surface area (Å²) in [7, 11) is 0. The zero-order valence-electron chi connectivity index (χ0n) is 21.9. The molecule has 0 atom stereocenters. The molecule has 0 radical (unpaired) electrons. The third-order valence-electron chi connectivity index (χ3n) is 7.48. The second-order valence-corrected chi connectivity index (χ2v) is 10.2. The minimum Gasteiger partial charge on any atom is -0.424 e. The second-order valence-electron chi connectivity index (χ2n) is 10.2. The van der Waals surface area contributed by atoms with Crippen LogP contribution < -0.4 is 15.4 Å². The van der Waals surface area contributed by atoms with E-state index in [2.05, 4.69) is 41.3 Å². The summed E-state index contributed by atoms with van der Waals surface area (Å²) in [5.74, 6) is 1.26. The van der Waals surface area contributed by atoms with Crippen molar-refractivity contribution in [2.75, 3.05) is 10.6 Å². The van der Waals surface area contributed by atoms with E-state index in [0.29, 0.717) is 22.8 Å². The Morgan fingerprint density at radius 3 is 2.51 bits per heavy atom. The highest BCUT2D eigenvalue weighted by Crippen LogP contribution is 2.44. The number of nitrogens with zero attached hydrogens (tertiary/aromatic N) is 7. The summed E-state index contributed by atoms with van der Waals surface area (Å²) in [6, 6.07) is 17.2. The van der Waals surface area contributed by atoms with Crippen molar-refractivity contribution >= 4 is 28.6 Å². The number of anilines is 2. The summed E-state index contributed by atoms with van der Waals surface area (Å²) < 4.78 is 8.13. The largest absolute Gasteiger partial charge is 0.424 e. The van der Waals surface area contributed by atoms with Crippen LogP contribution in [0.25, 0.3) is 22.2 Å². The van der Waals surface area contributed by atoms with Crippen molar-refractivity contribution in [2.45, 2.75) is 44.1 Å². The Kier molecular flexibility index (Phi) is 5.96. The molecule has 204 valence electrons. The molecule has 0 unspecified atom stereocenters. The molecule has 2 aliphatic carbocycles. The van der Waals surface area contributed by atoms with E-state index in [1.807, 2.05) is 30.3 Å². The minimum atomic E-state index is -0.526. The van der Waals surface area contributed by atoms with Crippen LogP contribution in [0.15, 0.2) is 60.9 Å². The molecule has 3 aromatic heterocycles. The number of amides is 2. The number of nitrogens with one attached hydrogen (secondary N) is 2. The van der Waals surface area contributed by atoms with Gasteiger partial charge in [-0.25, -0.2) is 14.8 Å². The second kappa shape index (κ2) is 9.95. The first-order valence-corrected chi connectivity index (χ1v) is 13.4. The molecule has 3 heterocycles. The topological polar surface area (TPSA) is 156 Å². The number of aromatic nitrogens is 6. The van der Waals surface area contributed by atoms with Crippen molar-refractivity contribution < 1.29 is 14.7 Å². The third kappa shape index (κ3) is 4.67. The van der Waals surface area contributed by atoms with Crippen molar-refractivity contribution in [3.63, 3.8) is 0 Å². The van der Waals surface area contributed by atoms with E-state index in [0.717, 1.165) is 59.1 Å². The van der Waals surface area contributed by atoms with E-state index in [1.54, 1.807) is 30.6 Å². The molecule has 3 N–H and O–H groups in total. The zero-order chi connectivity index (χ0) is 27.9. The highest BCUT2D eigenvalue weighted by molar-refractivity contribution is 5.99. The van der Waals surface area contributed by atoms with E-state index in [1.165, 1.54) is 0 Å². The number of fused-ring (bicyclic) bond motifs is 1. The minimum absolute atomic E-state index is 0.0365. The van der Waals surface area contributed by atoms with Crippen LogP contribution in [0.3, 0.4) is 0 Å².